The second-order valence-corrected chi connectivity index (χ2v) is 6.69. The van der Waals surface area contributed by atoms with Gasteiger partial charge < -0.3 is 10.2 Å². The summed E-state index contributed by atoms with van der Waals surface area (Å²) < 4.78 is 0. The molecule has 0 aliphatic carbocycles. The van der Waals surface area contributed by atoms with Crippen LogP contribution in [0.15, 0.2) is 24.3 Å². The van der Waals surface area contributed by atoms with Gasteiger partial charge in [-0.2, -0.15) is 0 Å². The summed E-state index contributed by atoms with van der Waals surface area (Å²) >= 11 is 0. The topological polar surface area (TPSA) is 15.3 Å². The molecule has 0 aromatic heterocycles. The van der Waals surface area contributed by atoms with Crippen molar-refractivity contribution in [2.45, 2.75) is 65.5 Å². The highest BCUT2D eigenvalue weighted by Crippen LogP contribution is 2.28. The van der Waals surface area contributed by atoms with Crippen molar-refractivity contribution in [2.24, 2.45) is 5.92 Å². The highest BCUT2D eigenvalue weighted by Gasteiger charge is 2.23. The number of nitrogens with zero attached hydrogens (tertiary/aromatic N) is 1. The van der Waals surface area contributed by atoms with E-state index in [0.29, 0.717) is 12.1 Å². The van der Waals surface area contributed by atoms with E-state index in [1.807, 2.05) is 0 Å². The molecule has 1 aliphatic rings. The maximum Gasteiger partial charge on any atom is 0.0368 e. The zero-order chi connectivity index (χ0) is 15.2. The van der Waals surface area contributed by atoms with Crippen molar-refractivity contribution in [3.8, 4) is 0 Å². The number of piperidine rings is 1. The maximum absolute atomic E-state index is 3.64. The largest absolute Gasteiger partial charge is 0.369 e. The molecule has 1 aromatic carbocycles. The Morgan fingerprint density at radius 2 is 1.86 bits per heavy atom. The highest BCUT2D eigenvalue weighted by molar-refractivity contribution is 5.49. The summed E-state index contributed by atoms with van der Waals surface area (Å²) in [5, 5.41) is 3.64. The van der Waals surface area contributed by atoms with E-state index in [1.54, 1.807) is 0 Å². The van der Waals surface area contributed by atoms with E-state index in [0.717, 1.165) is 18.9 Å². The van der Waals surface area contributed by atoms with Gasteiger partial charge in [-0.25, -0.2) is 0 Å². The Bertz CT molecular complexity index is 412. The summed E-state index contributed by atoms with van der Waals surface area (Å²) in [6.45, 7) is 11.5. The quantitative estimate of drug-likeness (QED) is 0.811. The molecule has 2 heteroatoms. The third-order valence-corrected chi connectivity index (χ3v) is 4.79. The minimum absolute atomic E-state index is 0.497. The molecule has 0 amide bonds. The summed E-state index contributed by atoms with van der Waals surface area (Å²) in [4.78, 5) is 2.58. The minimum Gasteiger partial charge on any atom is -0.369 e. The van der Waals surface area contributed by atoms with Gasteiger partial charge in [-0.15, -0.1) is 0 Å². The van der Waals surface area contributed by atoms with Crippen molar-refractivity contribution >= 4 is 5.69 Å². The predicted octanol–water partition coefficient (Wildman–Crippen LogP) is 4.76. The van der Waals surface area contributed by atoms with Gasteiger partial charge in [0.1, 0.15) is 0 Å². The molecule has 1 N–H and O–H groups in total. The van der Waals surface area contributed by atoms with Crippen LogP contribution in [-0.4, -0.2) is 19.1 Å². The standard InChI is InChI=1S/C19H32N2/c1-5-13-20-19(6-2)17-9-11-18(12-10-17)21-14-15(3)7-8-16(21)4/h9-12,15-16,19-20H,5-8,13-14H2,1-4H3. The zero-order valence-corrected chi connectivity index (χ0v) is 14.2. The van der Waals surface area contributed by atoms with Crippen molar-refractivity contribution in [2.75, 3.05) is 18.0 Å². The third kappa shape index (κ3) is 4.23. The number of nitrogens with one attached hydrogen (secondary N) is 1. The van der Waals surface area contributed by atoms with E-state index >= 15 is 0 Å². The molecule has 3 unspecified atom stereocenters. The van der Waals surface area contributed by atoms with Crippen molar-refractivity contribution in [1.29, 1.82) is 0 Å². The van der Waals surface area contributed by atoms with Gasteiger partial charge in [-0.3, -0.25) is 0 Å². The van der Waals surface area contributed by atoms with Crippen LogP contribution in [0.25, 0.3) is 0 Å². The van der Waals surface area contributed by atoms with Crippen LogP contribution in [0.4, 0.5) is 5.69 Å². The first kappa shape index (κ1) is 16.4. The SMILES string of the molecule is CCCNC(CC)c1ccc(N2CC(C)CCC2C)cc1. The molecule has 1 heterocycles. The number of anilines is 1. The van der Waals surface area contributed by atoms with Gasteiger partial charge in [-0.1, -0.05) is 32.9 Å². The average molecular weight is 288 g/mol. The molecule has 2 nitrogen and oxygen atoms in total. The molecule has 21 heavy (non-hydrogen) atoms. The Kier molecular flexibility index (Phi) is 6.10. The van der Waals surface area contributed by atoms with Gasteiger partial charge in [0, 0.05) is 24.3 Å². The van der Waals surface area contributed by atoms with E-state index < -0.39 is 0 Å². The summed E-state index contributed by atoms with van der Waals surface area (Å²) in [6.07, 6.45) is 5.03. The lowest BCUT2D eigenvalue weighted by molar-refractivity contribution is 0.390. The number of hydrogen-bond donors (Lipinski definition) is 1. The molecular formula is C19H32N2. The molecule has 0 spiro atoms. The second-order valence-electron chi connectivity index (χ2n) is 6.69. The molecule has 0 saturated carbocycles. The van der Waals surface area contributed by atoms with Gasteiger partial charge in [0.15, 0.2) is 0 Å². The molecule has 0 bridgehead atoms. The Morgan fingerprint density at radius 3 is 2.48 bits per heavy atom. The monoisotopic (exact) mass is 288 g/mol. The lowest BCUT2D eigenvalue weighted by atomic mass is 9.94. The van der Waals surface area contributed by atoms with E-state index in [1.165, 1.54) is 37.1 Å². The fraction of sp³-hybridized carbons (Fsp3) is 0.684. The van der Waals surface area contributed by atoms with Crippen LogP contribution in [0.5, 0.6) is 0 Å². The molecule has 118 valence electrons. The van der Waals surface area contributed by atoms with Crippen molar-refractivity contribution in [3.63, 3.8) is 0 Å². The van der Waals surface area contributed by atoms with Crippen LogP contribution in [-0.2, 0) is 0 Å². The molecule has 1 saturated heterocycles. The van der Waals surface area contributed by atoms with Gasteiger partial charge >= 0.3 is 0 Å². The molecule has 3 atom stereocenters. The Hall–Kier alpha value is -1.02. The Morgan fingerprint density at radius 1 is 1.14 bits per heavy atom. The molecule has 1 aliphatic heterocycles. The maximum atomic E-state index is 3.64. The molecule has 1 fully saturated rings. The van der Waals surface area contributed by atoms with E-state index in [9.17, 15) is 0 Å². The number of rotatable bonds is 6. The third-order valence-electron chi connectivity index (χ3n) is 4.79. The number of benzene rings is 1. The van der Waals surface area contributed by atoms with Crippen LogP contribution in [0.1, 0.15) is 65.0 Å². The Balaban J connectivity index is 2.06. The van der Waals surface area contributed by atoms with Crippen molar-refractivity contribution in [3.05, 3.63) is 29.8 Å². The summed E-state index contributed by atoms with van der Waals surface area (Å²) in [6, 6.07) is 10.4. The molecule has 1 aromatic rings. The highest BCUT2D eigenvalue weighted by atomic mass is 15.2. The van der Waals surface area contributed by atoms with Crippen molar-refractivity contribution < 1.29 is 0 Å². The smallest absolute Gasteiger partial charge is 0.0368 e. The van der Waals surface area contributed by atoms with Gasteiger partial charge in [0.2, 0.25) is 0 Å². The fourth-order valence-corrected chi connectivity index (χ4v) is 3.36. The van der Waals surface area contributed by atoms with Crippen LogP contribution in [0, 0.1) is 5.92 Å². The molecule has 2 rings (SSSR count). The summed E-state index contributed by atoms with van der Waals surface area (Å²) in [5.74, 6) is 0.815. The first-order valence-electron chi connectivity index (χ1n) is 8.75. The summed E-state index contributed by atoms with van der Waals surface area (Å²) in [5.41, 5.74) is 2.82. The average Bonchev–Trinajstić information content (AvgIpc) is 2.51. The van der Waals surface area contributed by atoms with Crippen LogP contribution >= 0.6 is 0 Å². The van der Waals surface area contributed by atoms with Crippen molar-refractivity contribution in [1.82, 2.24) is 5.32 Å². The van der Waals surface area contributed by atoms with Gasteiger partial charge in [-0.05, 0) is 62.8 Å². The van der Waals surface area contributed by atoms with Crippen LogP contribution in [0.3, 0.4) is 0 Å². The van der Waals surface area contributed by atoms with Gasteiger partial charge in [0.05, 0.1) is 0 Å². The van der Waals surface area contributed by atoms with Gasteiger partial charge in [0.25, 0.3) is 0 Å². The Labute approximate surface area is 130 Å². The minimum atomic E-state index is 0.497. The second kappa shape index (κ2) is 7.84. The lowest BCUT2D eigenvalue weighted by Crippen LogP contribution is -2.41. The summed E-state index contributed by atoms with van der Waals surface area (Å²) in [7, 11) is 0. The number of hydrogen-bond acceptors (Lipinski definition) is 2. The van der Waals surface area contributed by atoms with E-state index in [4.69, 9.17) is 0 Å². The lowest BCUT2D eigenvalue weighted by Gasteiger charge is -2.38. The zero-order valence-electron chi connectivity index (χ0n) is 14.2. The predicted molar refractivity (Wildman–Crippen MR) is 93.0 cm³/mol. The first-order valence-corrected chi connectivity index (χ1v) is 8.75. The van der Waals surface area contributed by atoms with E-state index in [-0.39, 0.29) is 0 Å². The van der Waals surface area contributed by atoms with E-state index in [2.05, 4.69) is 62.2 Å². The molecule has 0 radical (unpaired) electrons. The van der Waals surface area contributed by atoms with Crippen LogP contribution < -0.4 is 10.2 Å². The van der Waals surface area contributed by atoms with Crippen LogP contribution in [0.2, 0.25) is 0 Å². The normalized spacial score (nSPS) is 24.1. The fourth-order valence-electron chi connectivity index (χ4n) is 3.36. The first-order chi connectivity index (χ1) is 10.2. The molecular weight excluding hydrogens is 256 g/mol.